The highest BCUT2D eigenvalue weighted by atomic mass is 16.4. The highest BCUT2D eigenvalue weighted by molar-refractivity contribution is 5.84. The van der Waals surface area contributed by atoms with Crippen LogP contribution < -0.4 is 5.32 Å². The second kappa shape index (κ2) is 4.13. The van der Waals surface area contributed by atoms with Gasteiger partial charge < -0.3 is 5.11 Å². The summed E-state index contributed by atoms with van der Waals surface area (Å²) in [5, 5.41) is 11.1. The SMILES string of the molecule is Cc1ccc(C(C)C)c(NC(=O)O)c1. The van der Waals surface area contributed by atoms with Gasteiger partial charge in [-0.2, -0.15) is 0 Å². The summed E-state index contributed by atoms with van der Waals surface area (Å²) in [5.74, 6) is 0.317. The number of carboxylic acid groups (broad SMARTS) is 1. The number of benzene rings is 1. The van der Waals surface area contributed by atoms with E-state index in [1.807, 2.05) is 39.0 Å². The van der Waals surface area contributed by atoms with Crippen molar-refractivity contribution in [2.75, 3.05) is 5.32 Å². The number of hydrogen-bond donors (Lipinski definition) is 2. The van der Waals surface area contributed by atoms with Crippen molar-refractivity contribution in [2.45, 2.75) is 26.7 Å². The average molecular weight is 193 g/mol. The predicted octanol–water partition coefficient (Wildman–Crippen LogP) is 3.21. The number of nitrogens with one attached hydrogen (secondary N) is 1. The van der Waals surface area contributed by atoms with E-state index in [-0.39, 0.29) is 0 Å². The van der Waals surface area contributed by atoms with E-state index >= 15 is 0 Å². The lowest BCUT2D eigenvalue weighted by Gasteiger charge is -2.12. The molecule has 14 heavy (non-hydrogen) atoms. The number of aryl methyl sites for hydroxylation is 1. The Hall–Kier alpha value is -1.51. The molecule has 0 aliphatic rings. The summed E-state index contributed by atoms with van der Waals surface area (Å²) >= 11 is 0. The summed E-state index contributed by atoms with van der Waals surface area (Å²) in [6, 6.07) is 5.80. The van der Waals surface area contributed by atoms with Crippen LogP contribution in [0.5, 0.6) is 0 Å². The molecular weight excluding hydrogens is 178 g/mol. The first-order valence-corrected chi connectivity index (χ1v) is 4.61. The first-order chi connectivity index (χ1) is 6.50. The van der Waals surface area contributed by atoms with Gasteiger partial charge in [0.05, 0.1) is 0 Å². The van der Waals surface area contributed by atoms with Gasteiger partial charge in [-0.1, -0.05) is 26.0 Å². The predicted molar refractivity (Wildman–Crippen MR) is 56.9 cm³/mol. The maximum atomic E-state index is 10.5. The Balaban J connectivity index is 3.09. The fraction of sp³-hybridized carbons (Fsp3) is 0.364. The van der Waals surface area contributed by atoms with Crippen LogP contribution in [0.15, 0.2) is 18.2 Å². The standard InChI is InChI=1S/C11H15NO2/c1-7(2)9-5-4-8(3)6-10(9)12-11(13)14/h4-7,12H,1-3H3,(H,13,14). The molecule has 0 saturated carbocycles. The third kappa shape index (κ3) is 2.49. The minimum absolute atomic E-state index is 0.317. The molecule has 0 heterocycles. The number of amides is 1. The van der Waals surface area contributed by atoms with Crippen molar-refractivity contribution in [1.29, 1.82) is 0 Å². The normalized spacial score (nSPS) is 10.3. The monoisotopic (exact) mass is 193 g/mol. The van der Waals surface area contributed by atoms with Crippen LogP contribution in [0, 0.1) is 6.92 Å². The van der Waals surface area contributed by atoms with Gasteiger partial charge in [-0.05, 0) is 30.0 Å². The summed E-state index contributed by atoms with van der Waals surface area (Å²) < 4.78 is 0. The Kier molecular flexibility index (Phi) is 3.12. The van der Waals surface area contributed by atoms with Gasteiger partial charge in [0.1, 0.15) is 0 Å². The van der Waals surface area contributed by atoms with Crippen LogP contribution in [-0.4, -0.2) is 11.2 Å². The van der Waals surface area contributed by atoms with E-state index < -0.39 is 6.09 Å². The van der Waals surface area contributed by atoms with Crippen molar-refractivity contribution in [3.05, 3.63) is 29.3 Å². The van der Waals surface area contributed by atoms with Crippen molar-refractivity contribution in [2.24, 2.45) is 0 Å². The molecule has 0 atom stereocenters. The van der Waals surface area contributed by atoms with Gasteiger partial charge in [-0.15, -0.1) is 0 Å². The van der Waals surface area contributed by atoms with Crippen LogP contribution in [0.3, 0.4) is 0 Å². The zero-order chi connectivity index (χ0) is 10.7. The van der Waals surface area contributed by atoms with Crippen molar-refractivity contribution in [3.8, 4) is 0 Å². The minimum Gasteiger partial charge on any atom is -0.465 e. The zero-order valence-corrected chi connectivity index (χ0v) is 8.66. The molecule has 0 saturated heterocycles. The maximum absolute atomic E-state index is 10.5. The van der Waals surface area contributed by atoms with E-state index in [0.717, 1.165) is 11.1 Å². The van der Waals surface area contributed by atoms with Gasteiger partial charge in [0.25, 0.3) is 0 Å². The Labute approximate surface area is 83.8 Å². The van der Waals surface area contributed by atoms with Gasteiger partial charge in [0.15, 0.2) is 0 Å². The van der Waals surface area contributed by atoms with Crippen LogP contribution >= 0.6 is 0 Å². The summed E-state index contributed by atoms with van der Waals surface area (Å²) in [4.78, 5) is 10.5. The first-order valence-electron chi connectivity index (χ1n) is 4.61. The molecule has 1 amide bonds. The van der Waals surface area contributed by atoms with E-state index in [2.05, 4.69) is 5.32 Å². The summed E-state index contributed by atoms with van der Waals surface area (Å²) in [6.45, 7) is 6.02. The van der Waals surface area contributed by atoms with Crippen LogP contribution in [0.2, 0.25) is 0 Å². The van der Waals surface area contributed by atoms with Crippen molar-refractivity contribution >= 4 is 11.8 Å². The highest BCUT2D eigenvalue weighted by Crippen LogP contribution is 2.25. The molecule has 0 bridgehead atoms. The quantitative estimate of drug-likeness (QED) is 0.757. The largest absolute Gasteiger partial charge is 0.465 e. The Morgan fingerprint density at radius 3 is 2.57 bits per heavy atom. The second-order valence-corrected chi connectivity index (χ2v) is 3.68. The number of hydrogen-bond acceptors (Lipinski definition) is 1. The number of rotatable bonds is 2. The Bertz CT molecular complexity index is 345. The molecule has 0 aliphatic carbocycles. The summed E-state index contributed by atoms with van der Waals surface area (Å²) in [7, 11) is 0. The average Bonchev–Trinajstić information content (AvgIpc) is 2.01. The molecule has 2 N–H and O–H groups in total. The van der Waals surface area contributed by atoms with Crippen molar-refractivity contribution in [3.63, 3.8) is 0 Å². The molecule has 1 rings (SSSR count). The second-order valence-electron chi connectivity index (χ2n) is 3.68. The molecule has 3 heteroatoms. The minimum atomic E-state index is -1.02. The van der Waals surface area contributed by atoms with E-state index in [1.165, 1.54) is 0 Å². The van der Waals surface area contributed by atoms with Gasteiger partial charge in [-0.3, -0.25) is 5.32 Å². The molecule has 76 valence electrons. The molecule has 1 aromatic rings. The van der Waals surface area contributed by atoms with Gasteiger partial charge in [0, 0.05) is 5.69 Å². The zero-order valence-electron chi connectivity index (χ0n) is 8.66. The molecule has 0 unspecified atom stereocenters. The fourth-order valence-corrected chi connectivity index (χ4v) is 1.40. The third-order valence-corrected chi connectivity index (χ3v) is 2.07. The Morgan fingerprint density at radius 2 is 2.07 bits per heavy atom. The van der Waals surface area contributed by atoms with Crippen molar-refractivity contribution in [1.82, 2.24) is 0 Å². The molecule has 0 radical (unpaired) electrons. The molecule has 0 aliphatic heterocycles. The number of anilines is 1. The van der Waals surface area contributed by atoms with Crippen LogP contribution in [0.4, 0.5) is 10.5 Å². The fourth-order valence-electron chi connectivity index (χ4n) is 1.40. The summed E-state index contributed by atoms with van der Waals surface area (Å²) in [6.07, 6.45) is -1.02. The molecular formula is C11H15NO2. The lowest BCUT2D eigenvalue weighted by atomic mass is 9.99. The van der Waals surface area contributed by atoms with Crippen LogP contribution in [0.1, 0.15) is 30.9 Å². The van der Waals surface area contributed by atoms with Crippen molar-refractivity contribution < 1.29 is 9.90 Å². The molecule has 0 spiro atoms. The molecule has 1 aromatic carbocycles. The third-order valence-electron chi connectivity index (χ3n) is 2.07. The highest BCUT2D eigenvalue weighted by Gasteiger charge is 2.08. The summed E-state index contributed by atoms with van der Waals surface area (Å²) in [5.41, 5.74) is 2.77. The number of carbonyl (C=O) groups is 1. The molecule has 3 nitrogen and oxygen atoms in total. The molecule has 0 fully saturated rings. The topological polar surface area (TPSA) is 49.3 Å². The van der Waals surface area contributed by atoms with Gasteiger partial charge in [-0.25, -0.2) is 4.79 Å². The van der Waals surface area contributed by atoms with Gasteiger partial charge >= 0.3 is 6.09 Å². The molecule has 0 aromatic heterocycles. The van der Waals surface area contributed by atoms with E-state index in [0.29, 0.717) is 11.6 Å². The van der Waals surface area contributed by atoms with Gasteiger partial charge in [0.2, 0.25) is 0 Å². The van der Waals surface area contributed by atoms with Crippen LogP contribution in [0.25, 0.3) is 0 Å². The van der Waals surface area contributed by atoms with E-state index in [4.69, 9.17) is 5.11 Å². The van der Waals surface area contributed by atoms with E-state index in [9.17, 15) is 4.79 Å². The first kappa shape index (κ1) is 10.6. The van der Waals surface area contributed by atoms with E-state index in [1.54, 1.807) is 0 Å². The lowest BCUT2D eigenvalue weighted by molar-refractivity contribution is 0.209. The van der Waals surface area contributed by atoms with Crippen LogP contribution in [-0.2, 0) is 0 Å². The smallest absolute Gasteiger partial charge is 0.409 e. The Morgan fingerprint density at radius 1 is 1.43 bits per heavy atom. The lowest BCUT2D eigenvalue weighted by Crippen LogP contribution is -2.10. The maximum Gasteiger partial charge on any atom is 0.409 e.